The Morgan fingerprint density at radius 3 is 2.52 bits per heavy atom. The predicted octanol–water partition coefficient (Wildman–Crippen LogP) is 6.29. The lowest BCUT2D eigenvalue weighted by molar-refractivity contribution is -0.128. The zero-order chi connectivity index (χ0) is 28.9. The van der Waals surface area contributed by atoms with Crippen molar-refractivity contribution in [3.63, 3.8) is 0 Å². The number of carbonyl (C=O) groups is 2. The van der Waals surface area contributed by atoms with Gasteiger partial charge in [-0.25, -0.2) is 9.07 Å². The van der Waals surface area contributed by atoms with Crippen LogP contribution in [0.2, 0.25) is 0 Å². The average Bonchev–Trinajstić information content (AvgIpc) is 3.71. The third kappa shape index (κ3) is 5.88. The van der Waals surface area contributed by atoms with Gasteiger partial charge in [-0.1, -0.05) is 72.0 Å². The first-order valence-electron chi connectivity index (χ1n) is 13.6. The third-order valence-electron chi connectivity index (χ3n) is 7.12. The number of benzene rings is 3. The molecule has 1 amide bonds. The monoisotopic (exact) mass is 558 g/mol. The average molecular weight is 559 g/mol. The molecule has 6 rings (SSSR count). The number of carbonyl (C=O) groups excluding carboxylic acids is 2. The molecule has 1 aromatic heterocycles. The first-order chi connectivity index (χ1) is 20.5. The summed E-state index contributed by atoms with van der Waals surface area (Å²) in [6.07, 6.45) is 15.9. The number of aromatic nitrogens is 3. The molecule has 2 aliphatic rings. The van der Waals surface area contributed by atoms with Gasteiger partial charge in [-0.05, 0) is 72.2 Å². The lowest BCUT2D eigenvalue weighted by atomic mass is 9.92. The number of rotatable bonds is 10. The Morgan fingerprint density at radius 2 is 1.79 bits per heavy atom. The number of anilines is 1. The van der Waals surface area contributed by atoms with E-state index in [2.05, 4.69) is 10.3 Å². The Kier molecular flexibility index (Phi) is 7.68. The Hall–Kier alpha value is -5.37. The summed E-state index contributed by atoms with van der Waals surface area (Å²) in [4.78, 5) is 27.4. The number of amides is 1. The van der Waals surface area contributed by atoms with Crippen LogP contribution in [0.15, 0.2) is 127 Å². The van der Waals surface area contributed by atoms with E-state index >= 15 is 0 Å². The summed E-state index contributed by atoms with van der Waals surface area (Å²) in [7, 11) is 0. The molecular weight excluding hydrogens is 531 g/mol. The maximum atomic E-state index is 13.5. The summed E-state index contributed by atoms with van der Waals surface area (Å²) < 4.78 is 21.0. The SMILES string of the molecule is O=C(/C=C/C1=CC=CC1)c1ccc(OCc2cn([C@@H]3C(=O)N(c4ccc(F)cc4)[C@@H]3/C=C/c3ccccc3)nn2)cc1. The molecule has 1 aliphatic heterocycles. The van der Waals surface area contributed by atoms with E-state index in [0.29, 0.717) is 22.7 Å². The van der Waals surface area contributed by atoms with Crippen LogP contribution in [0.3, 0.4) is 0 Å². The zero-order valence-electron chi connectivity index (χ0n) is 22.6. The fourth-order valence-corrected chi connectivity index (χ4v) is 4.88. The maximum absolute atomic E-state index is 13.5. The molecule has 4 aromatic rings. The molecule has 2 heterocycles. The predicted molar refractivity (Wildman–Crippen MR) is 158 cm³/mol. The second-order valence-electron chi connectivity index (χ2n) is 9.96. The van der Waals surface area contributed by atoms with E-state index in [-0.39, 0.29) is 30.2 Å². The zero-order valence-corrected chi connectivity index (χ0v) is 22.6. The molecule has 0 radical (unpaired) electrons. The summed E-state index contributed by atoms with van der Waals surface area (Å²) in [5.74, 6) is -0.0308. The highest BCUT2D eigenvalue weighted by Gasteiger charge is 2.48. The molecule has 208 valence electrons. The first kappa shape index (κ1) is 26.8. The second kappa shape index (κ2) is 12.0. The van der Waals surface area contributed by atoms with Gasteiger partial charge in [0.15, 0.2) is 11.8 Å². The highest BCUT2D eigenvalue weighted by molar-refractivity contribution is 6.05. The van der Waals surface area contributed by atoms with E-state index in [1.807, 2.05) is 66.8 Å². The van der Waals surface area contributed by atoms with E-state index in [9.17, 15) is 14.0 Å². The van der Waals surface area contributed by atoms with Crippen molar-refractivity contribution in [2.45, 2.75) is 25.1 Å². The van der Waals surface area contributed by atoms with Crippen molar-refractivity contribution in [3.05, 3.63) is 150 Å². The normalized spacial score (nSPS) is 18.1. The highest BCUT2D eigenvalue weighted by atomic mass is 19.1. The van der Waals surface area contributed by atoms with Gasteiger partial charge in [-0.3, -0.25) is 9.59 Å². The van der Waals surface area contributed by atoms with Crippen LogP contribution in [0.25, 0.3) is 6.08 Å². The van der Waals surface area contributed by atoms with Crippen LogP contribution in [0.5, 0.6) is 5.75 Å². The van der Waals surface area contributed by atoms with Gasteiger partial charge >= 0.3 is 0 Å². The fraction of sp³-hybridized carbons (Fsp3) is 0.118. The maximum Gasteiger partial charge on any atom is 0.255 e. The molecule has 1 aliphatic carbocycles. The van der Waals surface area contributed by atoms with Gasteiger partial charge in [-0.15, -0.1) is 5.10 Å². The minimum atomic E-state index is -0.606. The summed E-state index contributed by atoms with van der Waals surface area (Å²) in [6.45, 7) is 0.140. The molecule has 42 heavy (non-hydrogen) atoms. The third-order valence-corrected chi connectivity index (χ3v) is 7.12. The number of hydrogen-bond donors (Lipinski definition) is 0. The van der Waals surface area contributed by atoms with Gasteiger partial charge in [0, 0.05) is 11.3 Å². The van der Waals surface area contributed by atoms with Crippen molar-refractivity contribution in [2.75, 3.05) is 4.90 Å². The van der Waals surface area contributed by atoms with Crippen LogP contribution in [-0.4, -0.2) is 32.7 Å². The summed E-state index contributed by atoms with van der Waals surface area (Å²) >= 11 is 0. The van der Waals surface area contributed by atoms with Crippen LogP contribution in [0.4, 0.5) is 10.1 Å². The standard InChI is InChI=1S/C34H27FN4O3/c35-27-14-16-29(17-15-27)39-31(20-10-24-6-2-1-3-7-24)33(34(39)41)38-22-28(36-37-38)23-42-30-18-12-26(13-19-30)32(40)21-11-25-8-4-5-9-25/h1-8,10-22,31,33H,9,23H2/b20-10+,21-11+/t31-,33+/m1/s1. The van der Waals surface area contributed by atoms with Crippen molar-refractivity contribution >= 4 is 23.5 Å². The highest BCUT2D eigenvalue weighted by Crippen LogP contribution is 2.37. The number of hydrogen-bond acceptors (Lipinski definition) is 5. The number of β-lactam (4-membered cyclic amide) rings is 1. The molecular formula is C34H27FN4O3. The molecule has 0 unspecified atom stereocenters. The van der Waals surface area contributed by atoms with Crippen LogP contribution >= 0.6 is 0 Å². The van der Waals surface area contributed by atoms with E-state index < -0.39 is 6.04 Å². The van der Waals surface area contributed by atoms with Crippen LogP contribution < -0.4 is 9.64 Å². The van der Waals surface area contributed by atoms with Gasteiger partial charge in [0.05, 0.1) is 12.2 Å². The summed E-state index contributed by atoms with van der Waals surface area (Å²) in [6, 6.07) is 21.6. The molecule has 8 heteroatoms. The number of ketones is 1. The van der Waals surface area contributed by atoms with Gasteiger partial charge in [0.2, 0.25) is 0 Å². The van der Waals surface area contributed by atoms with E-state index in [0.717, 1.165) is 17.6 Å². The largest absolute Gasteiger partial charge is 0.487 e. The van der Waals surface area contributed by atoms with E-state index in [1.165, 1.54) is 12.1 Å². The van der Waals surface area contributed by atoms with Crippen molar-refractivity contribution < 1.29 is 18.7 Å². The minimum absolute atomic E-state index is 0.0759. The van der Waals surface area contributed by atoms with Crippen molar-refractivity contribution in [1.82, 2.24) is 15.0 Å². The molecule has 0 spiro atoms. The molecule has 1 saturated heterocycles. The minimum Gasteiger partial charge on any atom is -0.487 e. The Bertz CT molecular complexity index is 1700. The lowest BCUT2D eigenvalue weighted by Gasteiger charge is -2.45. The van der Waals surface area contributed by atoms with Gasteiger partial charge in [0.1, 0.15) is 23.9 Å². The van der Waals surface area contributed by atoms with Gasteiger partial charge < -0.3 is 9.64 Å². The van der Waals surface area contributed by atoms with Crippen LogP contribution in [-0.2, 0) is 11.4 Å². The summed E-state index contributed by atoms with van der Waals surface area (Å²) in [5, 5.41) is 8.43. The molecule has 3 aromatic carbocycles. The fourth-order valence-electron chi connectivity index (χ4n) is 4.88. The first-order valence-corrected chi connectivity index (χ1v) is 13.6. The van der Waals surface area contributed by atoms with Crippen molar-refractivity contribution in [1.29, 1.82) is 0 Å². The Morgan fingerprint density at radius 1 is 1.00 bits per heavy atom. The quantitative estimate of drug-likeness (QED) is 0.130. The van der Waals surface area contributed by atoms with Gasteiger partial charge in [-0.2, -0.15) is 0 Å². The summed E-state index contributed by atoms with van der Waals surface area (Å²) in [5.41, 5.74) is 3.82. The number of nitrogens with zero attached hydrogens (tertiary/aromatic N) is 4. The van der Waals surface area contributed by atoms with Crippen LogP contribution in [0, 0.1) is 5.82 Å². The van der Waals surface area contributed by atoms with Gasteiger partial charge in [0.25, 0.3) is 5.91 Å². The second-order valence-corrected chi connectivity index (χ2v) is 9.96. The molecule has 7 nitrogen and oxygen atoms in total. The van der Waals surface area contributed by atoms with E-state index in [4.69, 9.17) is 4.74 Å². The lowest BCUT2D eigenvalue weighted by Crippen LogP contribution is -2.61. The number of ether oxygens (including phenoxy) is 1. The molecule has 0 N–H and O–H groups in total. The number of halogens is 1. The smallest absolute Gasteiger partial charge is 0.255 e. The Labute approximate surface area is 242 Å². The van der Waals surface area contributed by atoms with Crippen molar-refractivity contribution in [3.8, 4) is 5.75 Å². The van der Waals surface area contributed by atoms with Crippen LogP contribution in [0.1, 0.15) is 34.1 Å². The topological polar surface area (TPSA) is 77.3 Å². The molecule has 1 fully saturated rings. The molecule has 0 bridgehead atoms. The Balaban J connectivity index is 1.12. The number of allylic oxidation sites excluding steroid dienone is 6. The molecule has 0 saturated carbocycles. The van der Waals surface area contributed by atoms with E-state index in [1.54, 1.807) is 58.3 Å². The molecule has 2 atom stereocenters. The van der Waals surface area contributed by atoms with Crippen molar-refractivity contribution in [2.24, 2.45) is 0 Å².